The molecule has 0 saturated heterocycles. The molecular weight excluding hydrogens is 156 g/mol. The Labute approximate surface area is 80.3 Å². The second kappa shape index (κ2) is 3.37. The van der Waals surface area contributed by atoms with E-state index in [1.807, 2.05) is 0 Å². The Bertz CT molecular complexity index is 345. The maximum absolute atomic E-state index is 2.39. The van der Waals surface area contributed by atoms with Crippen LogP contribution in [0.3, 0.4) is 0 Å². The van der Waals surface area contributed by atoms with Gasteiger partial charge in [0.2, 0.25) is 0 Å². The Kier molecular flexibility index (Phi) is 2.22. The molecule has 2 rings (SSSR count). The van der Waals surface area contributed by atoms with Crippen LogP contribution in [0.2, 0.25) is 0 Å². The van der Waals surface area contributed by atoms with Gasteiger partial charge in [-0.15, -0.1) is 0 Å². The van der Waals surface area contributed by atoms with Gasteiger partial charge in [0.05, 0.1) is 0 Å². The summed E-state index contributed by atoms with van der Waals surface area (Å²) in [5.74, 6) is 0. The van der Waals surface area contributed by atoms with Gasteiger partial charge in [-0.3, -0.25) is 0 Å². The molecular formula is C13H16. The minimum Gasteiger partial charge on any atom is -0.0806 e. The fourth-order valence-corrected chi connectivity index (χ4v) is 1.96. The highest BCUT2D eigenvalue weighted by atomic mass is 14.1. The summed E-state index contributed by atoms with van der Waals surface area (Å²) >= 11 is 0. The second-order valence-electron chi connectivity index (χ2n) is 3.87. The minimum atomic E-state index is 1.14. The van der Waals surface area contributed by atoms with E-state index in [0.717, 1.165) is 6.42 Å². The first-order valence-electron chi connectivity index (χ1n) is 5.06. The first-order valence-corrected chi connectivity index (χ1v) is 5.06. The molecule has 0 bridgehead atoms. The van der Waals surface area contributed by atoms with E-state index in [9.17, 15) is 0 Å². The van der Waals surface area contributed by atoms with Gasteiger partial charge in [-0.2, -0.15) is 0 Å². The van der Waals surface area contributed by atoms with Crippen LogP contribution >= 0.6 is 0 Å². The lowest BCUT2D eigenvalue weighted by Gasteiger charge is -2.16. The summed E-state index contributed by atoms with van der Waals surface area (Å²) in [4.78, 5) is 0. The Morgan fingerprint density at radius 3 is 2.85 bits per heavy atom. The molecule has 0 spiro atoms. The van der Waals surface area contributed by atoms with Crippen molar-refractivity contribution < 1.29 is 0 Å². The molecule has 0 heterocycles. The van der Waals surface area contributed by atoms with Gasteiger partial charge in [-0.25, -0.2) is 0 Å². The van der Waals surface area contributed by atoms with Gasteiger partial charge in [0.1, 0.15) is 0 Å². The van der Waals surface area contributed by atoms with Crippen molar-refractivity contribution in [3.05, 3.63) is 46.5 Å². The third-order valence-electron chi connectivity index (χ3n) is 2.84. The van der Waals surface area contributed by atoms with Crippen LogP contribution in [0.4, 0.5) is 0 Å². The van der Waals surface area contributed by atoms with Gasteiger partial charge in [0, 0.05) is 0 Å². The SMILES string of the molecule is CCC1=CCc2ccc(C)cc2C1. The summed E-state index contributed by atoms with van der Waals surface area (Å²) in [7, 11) is 0. The van der Waals surface area contributed by atoms with E-state index < -0.39 is 0 Å². The molecule has 0 radical (unpaired) electrons. The Morgan fingerprint density at radius 1 is 1.23 bits per heavy atom. The maximum atomic E-state index is 2.39. The zero-order valence-electron chi connectivity index (χ0n) is 8.43. The molecule has 1 aliphatic rings. The van der Waals surface area contributed by atoms with Crippen molar-refractivity contribution in [1.82, 2.24) is 0 Å². The summed E-state index contributed by atoms with van der Waals surface area (Å²) in [6, 6.07) is 6.81. The molecule has 0 aromatic heterocycles. The maximum Gasteiger partial charge on any atom is -0.00642 e. The van der Waals surface area contributed by atoms with E-state index in [4.69, 9.17) is 0 Å². The number of rotatable bonds is 1. The summed E-state index contributed by atoms with van der Waals surface area (Å²) < 4.78 is 0. The zero-order valence-corrected chi connectivity index (χ0v) is 8.43. The first kappa shape index (κ1) is 8.55. The molecule has 0 N–H and O–H groups in total. The second-order valence-corrected chi connectivity index (χ2v) is 3.87. The summed E-state index contributed by atoms with van der Waals surface area (Å²) in [5, 5.41) is 0. The van der Waals surface area contributed by atoms with Crippen molar-refractivity contribution in [1.29, 1.82) is 0 Å². The first-order chi connectivity index (χ1) is 6.29. The van der Waals surface area contributed by atoms with Crippen LogP contribution < -0.4 is 0 Å². The highest BCUT2D eigenvalue weighted by Crippen LogP contribution is 2.23. The van der Waals surface area contributed by atoms with E-state index in [1.165, 1.54) is 24.0 Å². The molecule has 0 amide bonds. The fraction of sp³-hybridized carbons (Fsp3) is 0.385. The Hall–Kier alpha value is -1.04. The van der Waals surface area contributed by atoms with Crippen molar-refractivity contribution in [3.8, 4) is 0 Å². The van der Waals surface area contributed by atoms with Crippen LogP contribution in [0.15, 0.2) is 29.8 Å². The molecule has 0 unspecified atom stereocenters. The molecule has 0 nitrogen and oxygen atoms in total. The predicted molar refractivity (Wildman–Crippen MR) is 57.0 cm³/mol. The van der Waals surface area contributed by atoms with E-state index in [2.05, 4.69) is 38.1 Å². The standard InChI is InChI=1S/C13H16/c1-3-11-5-7-12-6-4-10(2)8-13(12)9-11/h4-6,8H,3,7,9H2,1-2H3. The highest BCUT2D eigenvalue weighted by molar-refractivity contribution is 5.39. The Morgan fingerprint density at radius 2 is 2.08 bits per heavy atom. The smallest absolute Gasteiger partial charge is 0.00642 e. The summed E-state index contributed by atoms with van der Waals surface area (Å²) in [6.45, 7) is 4.41. The number of aryl methyl sites for hydroxylation is 1. The monoisotopic (exact) mass is 172 g/mol. The molecule has 1 aromatic rings. The van der Waals surface area contributed by atoms with Crippen LogP contribution in [-0.4, -0.2) is 0 Å². The van der Waals surface area contributed by atoms with Gasteiger partial charge in [0.15, 0.2) is 0 Å². The normalized spacial score (nSPS) is 15.1. The Balaban J connectivity index is 2.34. The molecule has 0 atom stereocenters. The molecule has 0 heteroatoms. The van der Waals surface area contributed by atoms with Crippen LogP contribution in [-0.2, 0) is 12.8 Å². The highest BCUT2D eigenvalue weighted by Gasteiger charge is 2.08. The van der Waals surface area contributed by atoms with Crippen molar-refractivity contribution in [2.45, 2.75) is 33.1 Å². The number of hydrogen-bond donors (Lipinski definition) is 0. The van der Waals surface area contributed by atoms with Gasteiger partial charge >= 0.3 is 0 Å². The molecule has 13 heavy (non-hydrogen) atoms. The van der Waals surface area contributed by atoms with Gasteiger partial charge in [-0.05, 0) is 37.3 Å². The predicted octanol–water partition coefficient (Wildman–Crippen LogP) is 3.43. The van der Waals surface area contributed by atoms with Gasteiger partial charge < -0.3 is 0 Å². The average molecular weight is 172 g/mol. The average Bonchev–Trinajstić information content (AvgIpc) is 2.16. The third-order valence-corrected chi connectivity index (χ3v) is 2.84. The molecule has 68 valence electrons. The molecule has 0 saturated carbocycles. The van der Waals surface area contributed by atoms with Crippen LogP contribution in [0.1, 0.15) is 30.0 Å². The number of hydrogen-bond acceptors (Lipinski definition) is 0. The third kappa shape index (κ3) is 1.67. The largest absolute Gasteiger partial charge is 0.0806 e. The van der Waals surface area contributed by atoms with Crippen LogP contribution in [0.25, 0.3) is 0 Å². The van der Waals surface area contributed by atoms with Crippen molar-refractivity contribution in [2.75, 3.05) is 0 Å². The van der Waals surface area contributed by atoms with E-state index in [1.54, 1.807) is 11.1 Å². The van der Waals surface area contributed by atoms with E-state index in [-0.39, 0.29) is 0 Å². The lowest BCUT2D eigenvalue weighted by atomic mass is 9.89. The molecule has 0 aliphatic heterocycles. The fourth-order valence-electron chi connectivity index (χ4n) is 1.96. The van der Waals surface area contributed by atoms with Crippen molar-refractivity contribution >= 4 is 0 Å². The lowest BCUT2D eigenvalue weighted by molar-refractivity contribution is 0.936. The van der Waals surface area contributed by atoms with Gasteiger partial charge in [0.25, 0.3) is 0 Å². The molecule has 1 aliphatic carbocycles. The lowest BCUT2D eigenvalue weighted by Crippen LogP contribution is -2.02. The van der Waals surface area contributed by atoms with E-state index in [0.29, 0.717) is 0 Å². The minimum absolute atomic E-state index is 1.14. The molecule has 0 fully saturated rings. The number of allylic oxidation sites excluding steroid dienone is 2. The van der Waals surface area contributed by atoms with E-state index >= 15 is 0 Å². The summed E-state index contributed by atoms with van der Waals surface area (Å²) in [5.41, 5.74) is 6.04. The van der Waals surface area contributed by atoms with Gasteiger partial charge in [-0.1, -0.05) is 42.3 Å². The quantitative estimate of drug-likeness (QED) is 0.569. The van der Waals surface area contributed by atoms with Crippen LogP contribution in [0.5, 0.6) is 0 Å². The zero-order chi connectivity index (χ0) is 9.26. The number of benzene rings is 1. The summed E-state index contributed by atoms with van der Waals surface area (Å²) in [6.07, 6.45) is 5.90. The molecule has 1 aromatic carbocycles. The topological polar surface area (TPSA) is 0 Å². The van der Waals surface area contributed by atoms with Crippen LogP contribution in [0, 0.1) is 6.92 Å². The van der Waals surface area contributed by atoms with Crippen molar-refractivity contribution in [2.24, 2.45) is 0 Å². The van der Waals surface area contributed by atoms with Crippen molar-refractivity contribution in [3.63, 3.8) is 0 Å². The number of fused-ring (bicyclic) bond motifs is 1.